The van der Waals surface area contributed by atoms with Gasteiger partial charge in [0.05, 0.1) is 14.2 Å². The molecule has 0 fully saturated rings. The van der Waals surface area contributed by atoms with E-state index >= 15 is 0 Å². The quantitative estimate of drug-likeness (QED) is 0.660. The predicted octanol–water partition coefficient (Wildman–Crippen LogP) is 2.98. The number of benzene rings is 2. The minimum absolute atomic E-state index is 0.0436. The maximum absolute atomic E-state index is 13.0. The molecule has 0 bridgehead atoms. The lowest BCUT2D eigenvalue weighted by atomic mass is 10.1. The highest BCUT2D eigenvalue weighted by Gasteiger charge is 2.17. The molecule has 2 aromatic carbocycles. The number of hydrogen-bond acceptors (Lipinski definition) is 6. The van der Waals surface area contributed by atoms with Crippen molar-refractivity contribution >= 4 is 5.91 Å². The number of rotatable bonds is 10. The van der Waals surface area contributed by atoms with Gasteiger partial charge in [0.2, 0.25) is 0 Å². The molecule has 0 aliphatic rings. The second-order valence-electron chi connectivity index (χ2n) is 6.83. The van der Waals surface area contributed by atoms with Crippen molar-refractivity contribution in [3.8, 4) is 23.0 Å². The van der Waals surface area contributed by atoms with Crippen LogP contribution in [-0.2, 0) is 6.54 Å². The number of carbonyl (C=O) groups is 1. The zero-order chi connectivity index (χ0) is 21.4. The van der Waals surface area contributed by atoms with E-state index < -0.39 is 0 Å². The second kappa shape index (κ2) is 10.7. The maximum atomic E-state index is 13.0. The van der Waals surface area contributed by atoms with Crippen molar-refractivity contribution in [1.29, 1.82) is 0 Å². The molecule has 158 valence electrons. The Morgan fingerprint density at radius 3 is 2.28 bits per heavy atom. The van der Waals surface area contributed by atoms with Gasteiger partial charge in [-0.2, -0.15) is 0 Å². The third-order valence-electron chi connectivity index (χ3n) is 4.60. The molecule has 0 aliphatic heterocycles. The fraction of sp³-hybridized carbons (Fsp3) is 0.409. The molecule has 0 radical (unpaired) electrons. The summed E-state index contributed by atoms with van der Waals surface area (Å²) in [6.45, 7) is 4.43. The van der Waals surface area contributed by atoms with Crippen molar-refractivity contribution < 1.29 is 19.0 Å². The highest BCUT2D eigenvalue weighted by Crippen LogP contribution is 2.34. The zero-order valence-corrected chi connectivity index (χ0v) is 17.9. The van der Waals surface area contributed by atoms with Gasteiger partial charge >= 0.3 is 0 Å². The highest BCUT2D eigenvalue weighted by atomic mass is 16.5. The molecule has 0 saturated heterocycles. The van der Waals surface area contributed by atoms with E-state index in [0.717, 1.165) is 12.1 Å². The number of hydrogen-bond donors (Lipinski definition) is 1. The predicted molar refractivity (Wildman–Crippen MR) is 114 cm³/mol. The van der Waals surface area contributed by atoms with Gasteiger partial charge in [0, 0.05) is 43.4 Å². The van der Waals surface area contributed by atoms with Crippen molar-refractivity contribution in [3.63, 3.8) is 0 Å². The number of ether oxygens (including phenoxy) is 3. The van der Waals surface area contributed by atoms with E-state index in [2.05, 4.69) is 4.90 Å². The Balaban J connectivity index is 2.29. The molecule has 7 nitrogen and oxygen atoms in total. The van der Waals surface area contributed by atoms with E-state index in [1.807, 2.05) is 38.1 Å². The average Bonchev–Trinajstić information content (AvgIpc) is 2.73. The summed E-state index contributed by atoms with van der Waals surface area (Å²) in [5.41, 5.74) is 7.16. The van der Waals surface area contributed by atoms with Gasteiger partial charge in [0.1, 0.15) is 11.5 Å². The number of methoxy groups -OCH3 is 2. The smallest absolute Gasteiger partial charge is 0.254 e. The van der Waals surface area contributed by atoms with Crippen LogP contribution < -0.4 is 19.9 Å². The third kappa shape index (κ3) is 5.85. The Kier molecular flexibility index (Phi) is 8.30. The first-order chi connectivity index (χ1) is 13.9. The summed E-state index contributed by atoms with van der Waals surface area (Å²) < 4.78 is 16.8. The van der Waals surface area contributed by atoms with Crippen LogP contribution in [0.25, 0.3) is 0 Å². The van der Waals surface area contributed by atoms with Crippen LogP contribution >= 0.6 is 0 Å². The Morgan fingerprint density at radius 1 is 0.966 bits per heavy atom. The van der Waals surface area contributed by atoms with Crippen LogP contribution in [-0.4, -0.2) is 63.7 Å². The van der Waals surface area contributed by atoms with Gasteiger partial charge in [-0.15, -0.1) is 0 Å². The third-order valence-corrected chi connectivity index (χ3v) is 4.60. The first-order valence-corrected chi connectivity index (χ1v) is 9.60. The van der Waals surface area contributed by atoms with Crippen molar-refractivity contribution in [2.24, 2.45) is 5.73 Å². The molecule has 0 aliphatic carbocycles. The monoisotopic (exact) mass is 401 g/mol. The fourth-order valence-corrected chi connectivity index (χ4v) is 2.88. The minimum atomic E-state index is -0.0436. The van der Waals surface area contributed by atoms with Gasteiger partial charge in [-0.3, -0.25) is 4.79 Å². The van der Waals surface area contributed by atoms with Crippen LogP contribution in [0.5, 0.6) is 23.0 Å². The molecular weight excluding hydrogens is 370 g/mol. The molecular formula is C22H31N3O4. The SMILES string of the molecule is CCN(CCN(C)C)C(=O)c1ccc(OC)c(Oc2ccc(CN)c(OC)c2)c1. The Morgan fingerprint density at radius 2 is 1.69 bits per heavy atom. The van der Waals surface area contributed by atoms with Crippen LogP contribution in [0, 0.1) is 0 Å². The lowest BCUT2D eigenvalue weighted by Gasteiger charge is -2.23. The van der Waals surface area contributed by atoms with Crippen LogP contribution in [0.4, 0.5) is 0 Å². The Labute approximate surface area is 172 Å². The van der Waals surface area contributed by atoms with Gasteiger partial charge in [0.25, 0.3) is 5.91 Å². The average molecular weight is 402 g/mol. The topological polar surface area (TPSA) is 77.3 Å². The highest BCUT2D eigenvalue weighted by molar-refractivity contribution is 5.95. The number of nitrogens with zero attached hydrogens (tertiary/aromatic N) is 2. The van der Waals surface area contributed by atoms with E-state index in [1.165, 1.54) is 0 Å². The van der Waals surface area contributed by atoms with E-state index in [-0.39, 0.29) is 5.91 Å². The van der Waals surface area contributed by atoms with Crippen LogP contribution in [0.2, 0.25) is 0 Å². The summed E-state index contributed by atoms with van der Waals surface area (Å²) in [6, 6.07) is 10.6. The van der Waals surface area contributed by atoms with Crippen LogP contribution in [0.15, 0.2) is 36.4 Å². The molecule has 0 heterocycles. The lowest BCUT2D eigenvalue weighted by Crippen LogP contribution is -2.36. The number of likely N-dealkylation sites (N-methyl/N-ethyl adjacent to an activating group) is 2. The minimum Gasteiger partial charge on any atom is -0.496 e. The molecule has 7 heteroatoms. The van der Waals surface area contributed by atoms with E-state index in [4.69, 9.17) is 19.9 Å². The summed E-state index contributed by atoms with van der Waals surface area (Å²) in [7, 11) is 7.13. The summed E-state index contributed by atoms with van der Waals surface area (Å²) in [4.78, 5) is 16.8. The van der Waals surface area contributed by atoms with Gasteiger partial charge in [-0.05, 0) is 45.3 Å². The molecule has 0 saturated carbocycles. The maximum Gasteiger partial charge on any atom is 0.254 e. The first kappa shape index (κ1) is 22.5. The summed E-state index contributed by atoms with van der Waals surface area (Å²) in [6.07, 6.45) is 0. The van der Waals surface area contributed by atoms with Gasteiger partial charge in [-0.25, -0.2) is 0 Å². The molecule has 2 N–H and O–H groups in total. The molecule has 0 unspecified atom stereocenters. The molecule has 1 amide bonds. The van der Waals surface area contributed by atoms with Gasteiger partial charge in [0.15, 0.2) is 11.5 Å². The summed E-state index contributed by atoms with van der Waals surface area (Å²) >= 11 is 0. The van der Waals surface area contributed by atoms with E-state index in [1.54, 1.807) is 38.5 Å². The first-order valence-electron chi connectivity index (χ1n) is 9.60. The normalized spacial score (nSPS) is 10.7. The van der Waals surface area contributed by atoms with Gasteiger partial charge < -0.3 is 29.7 Å². The zero-order valence-electron chi connectivity index (χ0n) is 17.9. The summed E-state index contributed by atoms with van der Waals surface area (Å²) in [5.74, 6) is 2.18. The number of carbonyl (C=O) groups excluding carboxylic acids is 1. The standard InChI is InChI=1S/C22H31N3O4/c1-6-25(12-11-24(2)3)22(26)16-8-10-19(27-4)21(13-16)29-18-9-7-17(15-23)20(14-18)28-5/h7-10,13-14H,6,11-12,15,23H2,1-5H3. The molecule has 0 aromatic heterocycles. The molecule has 0 atom stereocenters. The van der Waals surface area contributed by atoms with Crippen molar-refractivity contribution in [3.05, 3.63) is 47.5 Å². The number of amides is 1. The van der Waals surface area contributed by atoms with Crippen LogP contribution in [0.1, 0.15) is 22.8 Å². The second-order valence-corrected chi connectivity index (χ2v) is 6.83. The van der Waals surface area contributed by atoms with Crippen molar-refractivity contribution in [2.45, 2.75) is 13.5 Å². The largest absolute Gasteiger partial charge is 0.496 e. The molecule has 2 rings (SSSR count). The molecule has 2 aromatic rings. The van der Waals surface area contributed by atoms with Gasteiger partial charge in [-0.1, -0.05) is 6.07 Å². The fourth-order valence-electron chi connectivity index (χ4n) is 2.88. The number of nitrogens with two attached hydrogens (primary N) is 1. The molecule has 0 spiro atoms. The van der Waals surface area contributed by atoms with Crippen molar-refractivity contribution in [2.75, 3.05) is 47.9 Å². The molecule has 29 heavy (non-hydrogen) atoms. The van der Waals surface area contributed by atoms with E-state index in [0.29, 0.717) is 48.2 Å². The van der Waals surface area contributed by atoms with E-state index in [9.17, 15) is 4.79 Å². The summed E-state index contributed by atoms with van der Waals surface area (Å²) in [5, 5.41) is 0. The Hall–Kier alpha value is -2.77. The Bertz CT molecular complexity index is 824. The van der Waals surface area contributed by atoms with Crippen molar-refractivity contribution in [1.82, 2.24) is 9.80 Å². The van der Waals surface area contributed by atoms with Crippen LogP contribution in [0.3, 0.4) is 0 Å². The lowest BCUT2D eigenvalue weighted by molar-refractivity contribution is 0.0754.